The summed E-state index contributed by atoms with van der Waals surface area (Å²) < 4.78 is 39.9. The van der Waals surface area contributed by atoms with E-state index in [0.717, 1.165) is 16.0 Å². The van der Waals surface area contributed by atoms with Crippen molar-refractivity contribution in [3.05, 3.63) is 119 Å². The van der Waals surface area contributed by atoms with Crippen LogP contribution in [0, 0.1) is 0 Å². The quantitative estimate of drug-likeness (QED) is 0.0235. The number of carbonyl (C=O) groups is 5. The molecular formula is C56H66N10O13. The maximum Gasteiger partial charge on any atom is 0.339 e. The molecule has 79 heavy (non-hydrogen) atoms. The van der Waals surface area contributed by atoms with Crippen molar-refractivity contribution < 1.29 is 61.9 Å². The van der Waals surface area contributed by atoms with Crippen LogP contribution in [-0.2, 0) is 43.6 Å². The minimum Gasteiger partial charge on any atom is -0.451 e. The van der Waals surface area contributed by atoms with Gasteiger partial charge in [0.2, 0.25) is 23.7 Å². The van der Waals surface area contributed by atoms with E-state index in [1.165, 1.54) is 0 Å². The normalized spacial score (nSPS) is 17.4. The number of ether oxygens (including phenoxy) is 6. The summed E-state index contributed by atoms with van der Waals surface area (Å²) in [5.74, 6) is -0.553. The molecule has 23 heteroatoms. The molecule has 2 fully saturated rings. The van der Waals surface area contributed by atoms with Crippen LogP contribution >= 0.6 is 0 Å². The topological polar surface area (TPSA) is 280 Å². The first-order valence-electron chi connectivity index (χ1n) is 26.6. The second-order valence-electron chi connectivity index (χ2n) is 19.7. The number of amides is 4. The van der Waals surface area contributed by atoms with Gasteiger partial charge in [0.1, 0.15) is 17.5 Å². The van der Waals surface area contributed by atoms with E-state index in [4.69, 9.17) is 37.8 Å². The highest BCUT2D eigenvalue weighted by Gasteiger charge is 2.45. The Morgan fingerprint density at radius 2 is 1.52 bits per heavy atom. The number of aliphatic hydroxyl groups excluding tert-OH is 1. The van der Waals surface area contributed by atoms with Gasteiger partial charge in [-0.15, -0.1) is 10.2 Å². The molecule has 2 atom stereocenters. The minimum atomic E-state index is -0.872. The number of aliphatic hydroxyl groups is 1. The second-order valence-corrected chi connectivity index (χ2v) is 19.7. The zero-order chi connectivity index (χ0) is 55.3. The molecule has 0 aliphatic carbocycles. The summed E-state index contributed by atoms with van der Waals surface area (Å²) in [6.07, 6.45) is 3.94. The van der Waals surface area contributed by atoms with Crippen LogP contribution in [0.15, 0.2) is 89.6 Å². The third-order valence-electron chi connectivity index (χ3n) is 13.9. The van der Waals surface area contributed by atoms with Gasteiger partial charge < -0.3 is 64.1 Å². The summed E-state index contributed by atoms with van der Waals surface area (Å²) in [5, 5.41) is 31.6. The van der Waals surface area contributed by atoms with Crippen LogP contribution in [0.4, 0.5) is 23.1 Å². The van der Waals surface area contributed by atoms with Crippen molar-refractivity contribution in [1.29, 1.82) is 0 Å². The van der Waals surface area contributed by atoms with Crippen molar-refractivity contribution in [3.63, 3.8) is 0 Å². The Kier molecular flexibility index (Phi) is 18.7. The van der Waals surface area contributed by atoms with Gasteiger partial charge in [-0.05, 0) is 75.4 Å². The Morgan fingerprint density at radius 1 is 0.823 bits per heavy atom. The van der Waals surface area contributed by atoms with Crippen LogP contribution in [0.3, 0.4) is 0 Å². The number of anilines is 4. The molecule has 0 bridgehead atoms. The first-order chi connectivity index (χ1) is 38.4. The molecule has 4 amide bonds. The lowest BCUT2D eigenvalue weighted by Gasteiger charge is -2.30. The number of nitrogens with zero attached hydrogens (tertiary/aromatic N) is 6. The van der Waals surface area contributed by atoms with E-state index in [1.54, 1.807) is 36.5 Å². The van der Waals surface area contributed by atoms with Crippen LogP contribution in [0.2, 0.25) is 0 Å². The fourth-order valence-electron chi connectivity index (χ4n) is 9.75. The summed E-state index contributed by atoms with van der Waals surface area (Å²) in [6.45, 7) is 12.3. The van der Waals surface area contributed by atoms with Crippen molar-refractivity contribution in [2.75, 3.05) is 108 Å². The number of aromatic nitrogens is 4. The molecule has 0 radical (unpaired) electrons. The molecule has 1 unspecified atom stereocenters. The molecule has 0 spiro atoms. The van der Waals surface area contributed by atoms with Crippen LogP contribution in [0.25, 0.3) is 11.5 Å². The first-order valence-corrected chi connectivity index (χ1v) is 26.6. The van der Waals surface area contributed by atoms with Crippen molar-refractivity contribution >= 4 is 52.7 Å². The largest absolute Gasteiger partial charge is 0.451 e. The molecule has 5 aromatic rings. The van der Waals surface area contributed by atoms with Gasteiger partial charge in [0, 0.05) is 54.4 Å². The second kappa shape index (κ2) is 26.3. The Morgan fingerprint density at radius 3 is 2.22 bits per heavy atom. The van der Waals surface area contributed by atoms with Crippen molar-refractivity contribution in [3.8, 4) is 11.5 Å². The van der Waals surface area contributed by atoms with E-state index in [2.05, 4.69) is 43.0 Å². The molecular weight excluding hydrogens is 1020 g/mol. The van der Waals surface area contributed by atoms with Gasteiger partial charge in [-0.25, -0.2) is 9.78 Å². The van der Waals surface area contributed by atoms with Gasteiger partial charge in [0.05, 0.1) is 107 Å². The fraction of sp³-hybridized carbons (Fsp3) is 0.446. The number of benzene rings is 3. The zero-order valence-electron chi connectivity index (χ0n) is 44.3. The molecule has 2 saturated heterocycles. The number of esters is 1. The summed E-state index contributed by atoms with van der Waals surface area (Å²) >= 11 is 0. The van der Waals surface area contributed by atoms with Crippen molar-refractivity contribution in [1.82, 2.24) is 35.3 Å². The third-order valence-corrected chi connectivity index (χ3v) is 13.9. The summed E-state index contributed by atoms with van der Waals surface area (Å²) in [6, 6.07) is 18.4. The molecule has 6 heterocycles. The van der Waals surface area contributed by atoms with Gasteiger partial charge >= 0.3 is 5.97 Å². The third kappa shape index (κ3) is 13.8. The van der Waals surface area contributed by atoms with E-state index in [1.807, 2.05) is 55.1 Å². The standard InChI is InChI=1S/C56H66N10O13/c1-35-12-15-45(49(69)59-35)66-52(70)40-10-7-11-43(47(40)53(66)71)57-19-23-74-25-27-76-29-31-77-30-28-75-26-24-73-22-18-46(68)65-20-16-37(17-21-65)50-63-64-51(78-50)41-33-58-55(62-48(41)61-44(34-67)36-8-5-4-6-9-36)60-38-13-14-39-42(32-38)56(2,3)79-54(39)72/h4-11,13-14,32-33,37,44-45,57,67H,1,12,15-31,34H2,2-3H3,(H,59,69)(H2,58,60,61,62)/t44-,45?/m1/s1. The minimum absolute atomic E-state index is 0.00570. The van der Waals surface area contributed by atoms with Crippen LogP contribution < -0.4 is 21.3 Å². The highest BCUT2D eigenvalue weighted by molar-refractivity contribution is 6.25. The van der Waals surface area contributed by atoms with Gasteiger partial charge in [-0.1, -0.05) is 43.0 Å². The molecule has 5 N–H and O–H groups in total. The van der Waals surface area contributed by atoms with E-state index in [9.17, 15) is 29.1 Å². The monoisotopic (exact) mass is 1090 g/mol. The zero-order valence-corrected chi connectivity index (χ0v) is 44.3. The maximum absolute atomic E-state index is 13.3. The van der Waals surface area contributed by atoms with Gasteiger partial charge in [0.25, 0.3) is 17.7 Å². The lowest BCUT2D eigenvalue weighted by molar-refractivity contribution is -0.133. The van der Waals surface area contributed by atoms with Crippen LogP contribution in [-0.4, -0.2) is 163 Å². The molecule has 4 aliphatic rings. The number of rotatable bonds is 28. The number of allylic oxidation sites excluding steroid dienone is 1. The molecule has 2 aromatic heterocycles. The Hall–Kier alpha value is -7.67. The SMILES string of the molecule is C=C1CCC(N2C(=O)c3cccc(NCCOCCOCCOCCOCCOCCC(=O)N4CCC(c5nnc(-c6cnc(Nc7ccc8c(c7)C(C)(C)OC8=O)nc6N[C@H](CO)c6ccccc6)o5)CC4)c3C2=O)C(=O)N1. The van der Waals surface area contributed by atoms with Crippen LogP contribution in [0.1, 0.15) is 106 Å². The number of piperidine rings is 2. The van der Waals surface area contributed by atoms with Gasteiger partial charge in [-0.3, -0.25) is 24.1 Å². The van der Waals surface area contributed by atoms with Gasteiger partial charge in [0.15, 0.2) is 0 Å². The van der Waals surface area contributed by atoms with E-state index in [-0.39, 0.29) is 60.4 Å². The van der Waals surface area contributed by atoms with Crippen LogP contribution in [0.5, 0.6) is 0 Å². The Balaban J connectivity index is 0.618. The summed E-state index contributed by atoms with van der Waals surface area (Å²) in [5.41, 5.74) is 4.01. The van der Waals surface area contributed by atoms with E-state index >= 15 is 0 Å². The fourth-order valence-corrected chi connectivity index (χ4v) is 9.75. The average molecular weight is 1090 g/mol. The molecule has 9 rings (SSSR count). The number of hydrogen-bond donors (Lipinski definition) is 5. The summed E-state index contributed by atoms with van der Waals surface area (Å²) in [4.78, 5) is 76.6. The molecule has 418 valence electrons. The number of carbonyl (C=O) groups excluding carboxylic acids is 5. The molecule has 4 aliphatic heterocycles. The highest BCUT2D eigenvalue weighted by atomic mass is 16.6. The first kappa shape index (κ1) is 56.1. The van der Waals surface area contributed by atoms with Crippen molar-refractivity contribution in [2.24, 2.45) is 0 Å². The lowest BCUT2D eigenvalue weighted by Crippen LogP contribution is -2.51. The smallest absolute Gasteiger partial charge is 0.339 e. The Labute approximate surface area is 456 Å². The highest BCUT2D eigenvalue weighted by Crippen LogP contribution is 2.39. The Bertz CT molecular complexity index is 2980. The predicted octanol–water partition coefficient (Wildman–Crippen LogP) is 5.50. The number of cyclic esters (lactones) is 1. The molecule has 3 aromatic carbocycles. The van der Waals surface area contributed by atoms with E-state index in [0.29, 0.717) is 145 Å². The van der Waals surface area contributed by atoms with E-state index < -0.39 is 35.4 Å². The van der Waals surface area contributed by atoms with Gasteiger partial charge in [-0.2, -0.15) is 4.98 Å². The lowest BCUT2D eigenvalue weighted by atomic mass is 9.95. The average Bonchev–Trinajstić information content (AvgIpc) is 4.14. The number of nitrogens with one attached hydrogen (secondary N) is 4. The maximum atomic E-state index is 13.3. The molecule has 0 saturated carbocycles. The number of likely N-dealkylation sites (tertiary alicyclic amines) is 1. The number of fused-ring (bicyclic) bond motifs is 2. The number of hydrogen-bond acceptors (Lipinski definition) is 20. The molecule has 23 nitrogen and oxygen atoms in total. The predicted molar refractivity (Wildman–Crippen MR) is 286 cm³/mol. The summed E-state index contributed by atoms with van der Waals surface area (Å²) in [7, 11) is 0. The van der Waals surface area contributed by atoms with Crippen molar-refractivity contribution in [2.45, 2.75) is 69.6 Å². The number of imide groups is 1.